The van der Waals surface area contributed by atoms with E-state index in [1.54, 1.807) is 18.2 Å². The number of rotatable bonds is 4. The highest BCUT2D eigenvalue weighted by molar-refractivity contribution is 9.10. The van der Waals surface area contributed by atoms with Gasteiger partial charge in [-0.3, -0.25) is 0 Å². The van der Waals surface area contributed by atoms with Crippen LogP contribution in [0.2, 0.25) is 5.02 Å². The first-order chi connectivity index (χ1) is 9.06. The molecule has 3 N–H and O–H groups in total. The molecule has 0 saturated carbocycles. The summed E-state index contributed by atoms with van der Waals surface area (Å²) in [6, 6.07) is 6.25. The third kappa shape index (κ3) is 2.84. The predicted molar refractivity (Wildman–Crippen MR) is 74.6 cm³/mol. The van der Waals surface area contributed by atoms with Gasteiger partial charge in [-0.15, -0.1) is 0 Å². The Balaban J connectivity index is 2.40. The first-order valence-electron chi connectivity index (χ1n) is 5.61. The van der Waals surface area contributed by atoms with Crippen molar-refractivity contribution in [1.82, 2.24) is 0 Å². The zero-order valence-corrected chi connectivity index (χ0v) is 12.2. The number of halogens is 3. The molecule has 0 aliphatic carbocycles. The summed E-state index contributed by atoms with van der Waals surface area (Å²) in [5.41, 5.74) is 6.48. The molecule has 2 unspecified atom stereocenters. The van der Waals surface area contributed by atoms with Crippen LogP contribution in [0.25, 0.3) is 0 Å². The van der Waals surface area contributed by atoms with Crippen LogP contribution in [0.4, 0.5) is 4.39 Å². The Morgan fingerprint density at radius 3 is 2.68 bits per heavy atom. The molecular formula is C13H12BrClFNO2. The second-order valence-electron chi connectivity index (χ2n) is 4.08. The molecule has 2 aromatic rings. The predicted octanol–water partition coefficient (Wildman–Crippen LogP) is 3.61. The van der Waals surface area contributed by atoms with Crippen LogP contribution in [0.15, 0.2) is 39.6 Å². The lowest BCUT2D eigenvalue weighted by Gasteiger charge is -2.22. The lowest BCUT2D eigenvalue weighted by Crippen LogP contribution is -2.21. The van der Waals surface area contributed by atoms with Gasteiger partial charge in [0.1, 0.15) is 5.82 Å². The molecule has 0 saturated heterocycles. The zero-order chi connectivity index (χ0) is 14.0. The highest BCUT2D eigenvalue weighted by atomic mass is 79.9. The van der Waals surface area contributed by atoms with E-state index in [0.29, 0.717) is 10.2 Å². The smallest absolute Gasteiger partial charge is 0.174 e. The van der Waals surface area contributed by atoms with Crippen molar-refractivity contribution < 1.29 is 13.9 Å². The second-order valence-corrected chi connectivity index (χ2v) is 5.21. The van der Waals surface area contributed by atoms with Crippen LogP contribution < -0.4 is 5.73 Å². The molecule has 19 heavy (non-hydrogen) atoms. The fourth-order valence-electron chi connectivity index (χ4n) is 1.97. The van der Waals surface area contributed by atoms with Gasteiger partial charge in [-0.2, -0.15) is 0 Å². The van der Waals surface area contributed by atoms with Crippen LogP contribution in [-0.2, 0) is 0 Å². The Kier molecular flexibility index (Phi) is 4.62. The lowest BCUT2D eigenvalue weighted by molar-refractivity contribution is 0.144. The largest absolute Gasteiger partial charge is 0.457 e. The molecule has 0 amide bonds. The van der Waals surface area contributed by atoms with E-state index in [9.17, 15) is 9.50 Å². The van der Waals surface area contributed by atoms with Crippen molar-refractivity contribution in [1.29, 1.82) is 0 Å². The molecular weight excluding hydrogens is 337 g/mol. The molecule has 0 spiro atoms. The Hall–Kier alpha value is -0.880. The van der Waals surface area contributed by atoms with Gasteiger partial charge in [-0.25, -0.2) is 4.39 Å². The maximum atomic E-state index is 14.0. The molecule has 6 heteroatoms. The summed E-state index contributed by atoms with van der Waals surface area (Å²) < 4.78 is 19.5. The highest BCUT2D eigenvalue weighted by Crippen LogP contribution is 2.36. The number of benzene rings is 1. The van der Waals surface area contributed by atoms with Crippen LogP contribution in [0, 0.1) is 5.82 Å². The summed E-state index contributed by atoms with van der Waals surface area (Å²) in [5, 5.41) is 10.3. The summed E-state index contributed by atoms with van der Waals surface area (Å²) in [6.45, 7) is 0.0794. The minimum absolute atomic E-state index is 0.00871. The minimum atomic E-state index is -0.980. The number of hydrogen-bond acceptors (Lipinski definition) is 3. The van der Waals surface area contributed by atoms with E-state index < -0.39 is 17.8 Å². The van der Waals surface area contributed by atoms with Gasteiger partial charge in [0.25, 0.3) is 0 Å². The van der Waals surface area contributed by atoms with Crippen LogP contribution in [0.1, 0.15) is 23.1 Å². The molecule has 2 atom stereocenters. The molecule has 2 rings (SSSR count). The number of nitrogens with two attached hydrogens (primary N) is 1. The third-order valence-corrected chi connectivity index (χ3v) is 3.92. The molecule has 0 aliphatic rings. The number of hydrogen-bond donors (Lipinski definition) is 2. The summed E-state index contributed by atoms with van der Waals surface area (Å²) in [5.74, 6) is -1.16. The molecule has 1 aromatic carbocycles. The molecule has 1 heterocycles. The van der Waals surface area contributed by atoms with E-state index in [1.807, 2.05) is 0 Å². The van der Waals surface area contributed by atoms with Gasteiger partial charge in [0.05, 0.1) is 17.4 Å². The number of furan rings is 1. The summed E-state index contributed by atoms with van der Waals surface area (Å²) >= 11 is 8.93. The first kappa shape index (κ1) is 14.5. The monoisotopic (exact) mass is 347 g/mol. The second kappa shape index (κ2) is 6.05. The fourth-order valence-corrected chi connectivity index (χ4v) is 2.62. The molecule has 0 radical (unpaired) electrons. The minimum Gasteiger partial charge on any atom is -0.457 e. The number of aliphatic hydroxyl groups is 1. The van der Waals surface area contributed by atoms with Crippen molar-refractivity contribution in [3.8, 4) is 0 Å². The Labute approximate surface area is 123 Å². The third-order valence-electron chi connectivity index (χ3n) is 2.98. The summed E-state index contributed by atoms with van der Waals surface area (Å²) in [4.78, 5) is 0. The molecule has 102 valence electrons. The molecule has 0 fully saturated rings. The summed E-state index contributed by atoms with van der Waals surface area (Å²) in [7, 11) is 0. The van der Waals surface area contributed by atoms with Gasteiger partial charge in [-0.1, -0.05) is 23.7 Å². The molecule has 0 aliphatic heterocycles. The average Bonchev–Trinajstić information content (AvgIpc) is 2.81. The normalized spacial score (nSPS) is 14.4. The van der Waals surface area contributed by atoms with Crippen molar-refractivity contribution >= 4 is 27.5 Å². The van der Waals surface area contributed by atoms with E-state index in [2.05, 4.69) is 15.9 Å². The maximum absolute atomic E-state index is 14.0. The fraction of sp³-hybridized carbons (Fsp3) is 0.231. The highest BCUT2D eigenvalue weighted by Gasteiger charge is 2.27. The topological polar surface area (TPSA) is 59.4 Å². The van der Waals surface area contributed by atoms with Crippen LogP contribution >= 0.6 is 27.5 Å². The van der Waals surface area contributed by atoms with Crippen molar-refractivity contribution in [2.45, 2.75) is 12.0 Å². The number of aliphatic hydroxyl groups excluding tert-OH is 1. The SMILES string of the molecule is NCC(c1cccc(Cl)c1F)C(O)c1ccoc1Br. The van der Waals surface area contributed by atoms with Gasteiger partial charge in [0, 0.05) is 18.0 Å². The first-order valence-corrected chi connectivity index (χ1v) is 6.78. The average molecular weight is 349 g/mol. The van der Waals surface area contributed by atoms with Crippen molar-refractivity contribution in [3.05, 3.63) is 57.2 Å². The van der Waals surface area contributed by atoms with Gasteiger partial charge in [0.2, 0.25) is 0 Å². The van der Waals surface area contributed by atoms with Crippen LogP contribution in [0.5, 0.6) is 0 Å². The maximum Gasteiger partial charge on any atom is 0.174 e. The Morgan fingerprint density at radius 2 is 2.11 bits per heavy atom. The van der Waals surface area contributed by atoms with E-state index in [4.69, 9.17) is 21.8 Å². The van der Waals surface area contributed by atoms with Crippen LogP contribution in [0.3, 0.4) is 0 Å². The standard InChI is InChI=1S/C13H12BrClFNO2/c14-13-8(4-5-19-13)12(18)9(6-17)7-2-1-3-10(15)11(7)16/h1-5,9,12,18H,6,17H2. The van der Waals surface area contributed by atoms with Crippen molar-refractivity contribution in [3.63, 3.8) is 0 Å². The lowest BCUT2D eigenvalue weighted by atomic mass is 9.90. The van der Waals surface area contributed by atoms with Crippen molar-refractivity contribution in [2.24, 2.45) is 5.73 Å². The molecule has 1 aromatic heterocycles. The molecule has 0 bridgehead atoms. The van der Waals surface area contributed by atoms with Gasteiger partial charge < -0.3 is 15.3 Å². The van der Waals surface area contributed by atoms with Crippen molar-refractivity contribution in [2.75, 3.05) is 6.54 Å². The Morgan fingerprint density at radius 1 is 1.37 bits per heavy atom. The quantitative estimate of drug-likeness (QED) is 0.887. The Bertz CT molecular complexity index is 576. The van der Waals surface area contributed by atoms with E-state index in [1.165, 1.54) is 12.3 Å². The van der Waals surface area contributed by atoms with Gasteiger partial charge in [0.15, 0.2) is 4.67 Å². The van der Waals surface area contributed by atoms with Crippen LogP contribution in [-0.4, -0.2) is 11.7 Å². The zero-order valence-electron chi connectivity index (χ0n) is 9.82. The van der Waals surface area contributed by atoms with E-state index in [0.717, 1.165) is 0 Å². The summed E-state index contributed by atoms with van der Waals surface area (Å²) in [6.07, 6.45) is 0.455. The van der Waals surface area contributed by atoms with E-state index in [-0.39, 0.29) is 17.1 Å². The van der Waals surface area contributed by atoms with Gasteiger partial charge in [-0.05, 0) is 33.6 Å². The molecule has 3 nitrogen and oxygen atoms in total. The van der Waals surface area contributed by atoms with E-state index >= 15 is 0 Å². The van der Waals surface area contributed by atoms with Gasteiger partial charge >= 0.3 is 0 Å².